The quantitative estimate of drug-likeness (QED) is 0.571. The van der Waals surface area contributed by atoms with Crippen LogP contribution in [0.5, 0.6) is 0 Å². The van der Waals surface area contributed by atoms with Crippen molar-refractivity contribution < 1.29 is 22.7 Å². The van der Waals surface area contributed by atoms with Crippen molar-refractivity contribution >= 4 is 27.8 Å². The zero-order chi connectivity index (χ0) is 26.1. The molecule has 0 aromatic heterocycles. The van der Waals surface area contributed by atoms with Gasteiger partial charge in [-0.3, -0.25) is 4.90 Å². The third kappa shape index (κ3) is 6.39. The van der Waals surface area contributed by atoms with Crippen molar-refractivity contribution in [3.05, 3.63) is 39.8 Å². The third-order valence-electron chi connectivity index (χ3n) is 7.04. The SMILES string of the molecule is CN(CCN1CCC1/C=C/S(=O)(=O)NC(=O)Nc1c2c(cc3c1CCC3)CCC2)C(=O)OC(C)(C)C. The van der Waals surface area contributed by atoms with Gasteiger partial charge in [-0.15, -0.1) is 0 Å². The molecule has 1 aromatic rings. The number of fused-ring (bicyclic) bond motifs is 2. The van der Waals surface area contributed by atoms with Crippen molar-refractivity contribution in [2.45, 2.75) is 77.4 Å². The van der Waals surface area contributed by atoms with Crippen LogP contribution in [0.2, 0.25) is 0 Å². The van der Waals surface area contributed by atoms with Crippen LogP contribution in [0.25, 0.3) is 0 Å². The molecular weight excluding hydrogens is 480 g/mol. The van der Waals surface area contributed by atoms with Gasteiger partial charge in [-0.05, 0) is 88.0 Å². The number of rotatable bonds is 7. The topological polar surface area (TPSA) is 108 Å². The number of carbonyl (C=O) groups is 2. The first-order chi connectivity index (χ1) is 16.9. The standard InChI is InChI=1S/C26H38N4O5S/c1-26(2,3)35-25(32)29(4)14-15-30-13-11-20(30)12-16-36(33,34)28-24(31)27-23-21-9-5-7-18(21)17-19-8-6-10-22(19)23/h12,16-17,20H,5-11,13-15H2,1-4H3,(H2,27,28,31)/b16-12+. The lowest BCUT2D eigenvalue weighted by Gasteiger charge is -2.40. The van der Waals surface area contributed by atoms with Crippen LogP contribution in [-0.2, 0) is 40.4 Å². The van der Waals surface area contributed by atoms with E-state index in [0.29, 0.717) is 13.1 Å². The summed E-state index contributed by atoms with van der Waals surface area (Å²) >= 11 is 0. The Morgan fingerprint density at radius 1 is 1.14 bits per heavy atom. The molecule has 10 heteroatoms. The molecule has 0 bridgehead atoms. The highest BCUT2D eigenvalue weighted by Gasteiger charge is 2.28. The zero-order valence-electron chi connectivity index (χ0n) is 21.7. The number of nitrogens with zero attached hydrogens (tertiary/aromatic N) is 2. The van der Waals surface area contributed by atoms with E-state index in [0.717, 1.165) is 73.7 Å². The zero-order valence-corrected chi connectivity index (χ0v) is 22.5. The van der Waals surface area contributed by atoms with Gasteiger partial charge in [-0.25, -0.2) is 22.7 Å². The number of amides is 3. The van der Waals surface area contributed by atoms with Crippen LogP contribution in [0.3, 0.4) is 0 Å². The average molecular weight is 519 g/mol. The van der Waals surface area contributed by atoms with Gasteiger partial charge in [0.2, 0.25) is 0 Å². The molecule has 1 aliphatic heterocycles. The summed E-state index contributed by atoms with van der Waals surface area (Å²) in [4.78, 5) is 28.4. The summed E-state index contributed by atoms with van der Waals surface area (Å²) in [5, 5.41) is 3.93. The van der Waals surface area contributed by atoms with Crippen molar-refractivity contribution in [1.29, 1.82) is 0 Å². The van der Waals surface area contributed by atoms with Crippen LogP contribution < -0.4 is 10.0 Å². The van der Waals surface area contributed by atoms with Crippen LogP contribution in [0, 0.1) is 0 Å². The van der Waals surface area contributed by atoms with Gasteiger partial charge in [0.05, 0.1) is 0 Å². The third-order valence-corrected chi connectivity index (χ3v) is 8.02. The maximum Gasteiger partial charge on any atom is 0.410 e. The first-order valence-electron chi connectivity index (χ1n) is 12.8. The maximum absolute atomic E-state index is 12.7. The monoisotopic (exact) mass is 518 g/mol. The highest BCUT2D eigenvalue weighted by molar-refractivity contribution is 7.92. The minimum absolute atomic E-state index is 0.0580. The summed E-state index contributed by atoms with van der Waals surface area (Å²) in [5.41, 5.74) is 5.11. The van der Waals surface area contributed by atoms with E-state index in [4.69, 9.17) is 4.74 Å². The van der Waals surface area contributed by atoms with E-state index in [1.54, 1.807) is 13.1 Å². The molecule has 198 valence electrons. The Labute approximate surface area is 214 Å². The van der Waals surface area contributed by atoms with Crippen molar-refractivity contribution in [3.8, 4) is 0 Å². The van der Waals surface area contributed by atoms with Gasteiger partial charge in [-0.2, -0.15) is 0 Å². The van der Waals surface area contributed by atoms with Gasteiger partial charge in [0.1, 0.15) is 5.60 Å². The Bertz CT molecular complexity index is 1120. The summed E-state index contributed by atoms with van der Waals surface area (Å²) in [5.74, 6) is 0. The van der Waals surface area contributed by atoms with Gasteiger partial charge < -0.3 is 15.0 Å². The fourth-order valence-corrected chi connectivity index (χ4v) is 5.90. The van der Waals surface area contributed by atoms with Gasteiger partial charge >= 0.3 is 12.1 Å². The highest BCUT2D eigenvalue weighted by atomic mass is 32.2. The second kappa shape index (κ2) is 10.4. The molecular formula is C26H38N4O5S. The number of likely N-dealkylation sites (N-methyl/N-ethyl adjacent to an activating group) is 1. The molecule has 4 rings (SSSR count). The fraction of sp³-hybridized carbons (Fsp3) is 0.615. The molecule has 3 aliphatic rings. The Morgan fingerprint density at radius 3 is 2.33 bits per heavy atom. The van der Waals surface area contributed by atoms with Crippen molar-refractivity contribution in [2.75, 3.05) is 32.0 Å². The highest BCUT2D eigenvalue weighted by Crippen LogP contribution is 2.38. The lowest BCUT2D eigenvalue weighted by atomic mass is 9.99. The Kier molecular flexibility index (Phi) is 7.66. The van der Waals surface area contributed by atoms with Gasteiger partial charge in [-0.1, -0.05) is 12.1 Å². The minimum Gasteiger partial charge on any atom is -0.444 e. The molecule has 36 heavy (non-hydrogen) atoms. The van der Waals surface area contributed by atoms with Gasteiger partial charge in [0.15, 0.2) is 0 Å². The summed E-state index contributed by atoms with van der Waals surface area (Å²) in [6.07, 6.45) is 7.97. The van der Waals surface area contributed by atoms with Crippen molar-refractivity contribution in [2.24, 2.45) is 0 Å². The number of hydrogen-bond donors (Lipinski definition) is 2. The van der Waals surface area contributed by atoms with E-state index in [9.17, 15) is 18.0 Å². The Balaban J connectivity index is 1.30. The van der Waals surface area contributed by atoms with Crippen molar-refractivity contribution in [1.82, 2.24) is 14.5 Å². The van der Waals surface area contributed by atoms with Gasteiger partial charge in [0, 0.05) is 43.8 Å². The summed E-state index contributed by atoms with van der Waals surface area (Å²) in [6.45, 7) is 7.35. The summed E-state index contributed by atoms with van der Waals surface area (Å²) in [6, 6.07) is 1.49. The predicted octanol–water partition coefficient (Wildman–Crippen LogP) is 3.57. The number of sulfonamides is 1. The van der Waals surface area contributed by atoms with E-state index in [-0.39, 0.29) is 12.1 Å². The predicted molar refractivity (Wildman–Crippen MR) is 140 cm³/mol. The van der Waals surface area contributed by atoms with E-state index >= 15 is 0 Å². The molecule has 0 radical (unpaired) electrons. The number of benzene rings is 1. The van der Waals surface area contributed by atoms with Crippen molar-refractivity contribution in [3.63, 3.8) is 0 Å². The molecule has 1 atom stereocenters. The number of ether oxygens (including phenoxy) is 1. The van der Waals surface area contributed by atoms with E-state index < -0.39 is 21.7 Å². The largest absolute Gasteiger partial charge is 0.444 e. The van der Waals surface area contributed by atoms with E-state index in [1.165, 1.54) is 16.0 Å². The first-order valence-corrected chi connectivity index (χ1v) is 14.3. The molecule has 1 fully saturated rings. The molecule has 1 saturated heterocycles. The Morgan fingerprint density at radius 2 is 1.78 bits per heavy atom. The smallest absolute Gasteiger partial charge is 0.410 e. The van der Waals surface area contributed by atoms with Crippen LogP contribution in [-0.4, -0.2) is 68.7 Å². The molecule has 9 nitrogen and oxygen atoms in total. The fourth-order valence-electron chi connectivity index (χ4n) is 5.13. The molecule has 1 unspecified atom stereocenters. The number of nitrogens with one attached hydrogen (secondary N) is 2. The molecule has 0 spiro atoms. The molecule has 1 heterocycles. The first kappa shape index (κ1) is 26.5. The van der Waals surface area contributed by atoms with E-state index in [2.05, 4.69) is 21.0 Å². The minimum atomic E-state index is -3.94. The second-order valence-electron chi connectivity index (χ2n) is 11.0. The molecule has 2 aliphatic carbocycles. The molecule has 0 saturated carbocycles. The van der Waals surface area contributed by atoms with Crippen LogP contribution in [0.4, 0.5) is 15.3 Å². The normalized spacial score (nSPS) is 19.5. The van der Waals surface area contributed by atoms with E-state index in [1.807, 2.05) is 20.8 Å². The van der Waals surface area contributed by atoms with Crippen LogP contribution >= 0.6 is 0 Å². The number of aryl methyl sites for hydroxylation is 2. The van der Waals surface area contributed by atoms with Crippen LogP contribution in [0.15, 0.2) is 17.6 Å². The number of anilines is 1. The number of likely N-dealkylation sites (tertiary alicyclic amines) is 1. The molecule has 1 aromatic carbocycles. The maximum atomic E-state index is 12.7. The lowest BCUT2D eigenvalue weighted by Crippen LogP contribution is -2.50. The molecule has 2 N–H and O–H groups in total. The second-order valence-corrected chi connectivity index (χ2v) is 12.5. The number of carbonyl (C=O) groups excluding carboxylic acids is 2. The summed E-state index contributed by atoms with van der Waals surface area (Å²) < 4.78 is 32.7. The van der Waals surface area contributed by atoms with Crippen LogP contribution in [0.1, 0.15) is 62.3 Å². The lowest BCUT2D eigenvalue weighted by molar-refractivity contribution is 0.0252. The number of urea groups is 1. The number of hydrogen-bond acceptors (Lipinski definition) is 6. The van der Waals surface area contributed by atoms with Gasteiger partial charge in [0.25, 0.3) is 10.0 Å². The molecule has 3 amide bonds. The Hall–Kier alpha value is -2.59. The summed E-state index contributed by atoms with van der Waals surface area (Å²) in [7, 11) is -2.26. The average Bonchev–Trinajstić information content (AvgIpc) is 3.40.